The lowest BCUT2D eigenvalue weighted by Crippen LogP contribution is -2.22. The molecule has 2 rings (SSSR count). The van der Waals surface area contributed by atoms with Gasteiger partial charge in [-0.15, -0.1) is 0 Å². The molecular weight excluding hydrogens is 240 g/mol. The third-order valence-electron chi connectivity index (χ3n) is 3.93. The summed E-state index contributed by atoms with van der Waals surface area (Å²) >= 11 is 0. The van der Waals surface area contributed by atoms with Crippen LogP contribution in [0.4, 0.5) is 0 Å². The van der Waals surface area contributed by atoms with Gasteiger partial charge in [-0.2, -0.15) is 4.98 Å². The van der Waals surface area contributed by atoms with E-state index >= 15 is 0 Å². The quantitative estimate of drug-likeness (QED) is 0.838. The van der Waals surface area contributed by atoms with Crippen molar-refractivity contribution < 1.29 is 9.32 Å². The van der Waals surface area contributed by atoms with Gasteiger partial charge in [0.15, 0.2) is 5.82 Å². The highest BCUT2D eigenvalue weighted by Crippen LogP contribution is 2.34. The molecule has 4 heteroatoms. The van der Waals surface area contributed by atoms with Crippen LogP contribution in [0.5, 0.6) is 0 Å². The number of aromatic nitrogens is 2. The van der Waals surface area contributed by atoms with Crippen molar-refractivity contribution in [1.29, 1.82) is 0 Å². The minimum absolute atomic E-state index is 0.139. The number of rotatable bonds is 3. The van der Waals surface area contributed by atoms with Crippen LogP contribution < -0.4 is 0 Å². The van der Waals surface area contributed by atoms with E-state index in [1.165, 1.54) is 12.8 Å². The molecule has 4 nitrogen and oxygen atoms in total. The lowest BCUT2D eigenvalue weighted by Gasteiger charge is -2.23. The summed E-state index contributed by atoms with van der Waals surface area (Å²) in [4.78, 5) is 16.4. The van der Waals surface area contributed by atoms with Crippen LogP contribution in [0.3, 0.4) is 0 Å². The molecule has 106 valence electrons. The van der Waals surface area contributed by atoms with E-state index < -0.39 is 0 Å². The molecule has 0 saturated heterocycles. The molecule has 0 spiro atoms. The third-order valence-corrected chi connectivity index (χ3v) is 3.93. The van der Waals surface area contributed by atoms with Crippen molar-refractivity contribution in [1.82, 2.24) is 10.1 Å². The number of carbonyl (C=O) groups is 1. The van der Waals surface area contributed by atoms with Crippen molar-refractivity contribution in [2.45, 2.75) is 65.7 Å². The van der Waals surface area contributed by atoms with Crippen LogP contribution in [0.15, 0.2) is 4.52 Å². The van der Waals surface area contributed by atoms with Gasteiger partial charge in [-0.05, 0) is 18.8 Å². The highest BCUT2D eigenvalue weighted by molar-refractivity contribution is 5.84. The van der Waals surface area contributed by atoms with Crippen molar-refractivity contribution in [2.75, 3.05) is 0 Å². The lowest BCUT2D eigenvalue weighted by atomic mass is 9.82. The van der Waals surface area contributed by atoms with Crippen molar-refractivity contribution in [3.05, 3.63) is 11.7 Å². The first-order valence-electron chi connectivity index (χ1n) is 7.22. The topological polar surface area (TPSA) is 56.0 Å². The molecule has 2 unspecified atom stereocenters. The first-order chi connectivity index (χ1) is 8.86. The number of nitrogens with zero attached hydrogens (tertiary/aromatic N) is 2. The Kier molecular flexibility index (Phi) is 4.07. The second kappa shape index (κ2) is 5.43. The number of Topliss-reactive ketones (excluding diaryl/α,β-unsaturated/α-hetero) is 1. The fraction of sp³-hybridized carbons (Fsp3) is 0.800. The van der Waals surface area contributed by atoms with Crippen LogP contribution in [0, 0.1) is 11.3 Å². The van der Waals surface area contributed by atoms with E-state index in [4.69, 9.17) is 4.52 Å². The predicted molar refractivity (Wildman–Crippen MR) is 72.8 cm³/mol. The Hall–Kier alpha value is -1.19. The third kappa shape index (κ3) is 3.64. The molecule has 2 atom stereocenters. The maximum atomic E-state index is 11.9. The first kappa shape index (κ1) is 14.2. The fourth-order valence-electron chi connectivity index (χ4n) is 2.58. The zero-order valence-corrected chi connectivity index (χ0v) is 12.4. The summed E-state index contributed by atoms with van der Waals surface area (Å²) in [6.45, 7) is 8.01. The minimum Gasteiger partial charge on any atom is -0.339 e. The van der Waals surface area contributed by atoms with Crippen molar-refractivity contribution in [3.8, 4) is 0 Å². The van der Waals surface area contributed by atoms with Crippen LogP contribution in [-0.2, 0) is 11.2 Å². The van der Waals surface area contributed by atoms with Gasteiger partial charge in [-0.3, -0.25) is 4.79 Å². The highest BCUT2D eigenvalue weighted by Gasteiger charge is 2.27. The summed E-state index contributed by atoms with van der Waals surface area (Å²) in [6, 6.07) is 0. The molecule has 0 amide bonds. The van der Waals surface area contributed by atoms with Crippen molar-refractivity contribution in [3.63, 3.8) is 0 Å². The molecule has 0 radical (unpaired) electrons. The Morgan fingerprint density at radius 1 is 1.37 bits per heavy atom. The minimum atomic E-state index is -0.353. The van der Waals surface area contributed by atoms with Gasteiger partial charge in [0.05, 0.1) is 6.42 Å². The van der Waals surface area contributed by atoms with E-state index in [9.17, 15) is 4.79 Å². The SMILES string of the molecule is CC1CCCC(c2noc(CC(=O)C(C)(C)C)n2)C1. The summed E-state index contributed by atoms with van der Waals surface area (Å²) in [5, 5.41) is 4.07. The molecule has 0 N–H and O–H groups in total. The molecule has 1 fully saturated rings. The Labute approximate surface area is 115 Å². The van der Waals surface area contributed by atoms with E-state index in [2.05, 4.69) is 17.1 Å². The van der Waals surface area contributed by atoms with Gasteiger partial charge in [0, 0.05) is 11.3 Å². The molecular formula is C15H24N2O2. The van der Waals surface area contributed by atoms with Crippen molar-refractivity contribution >= 4 is 5.78 Å². The maximum Gasteiger partial charge on any atom is 0.234 e. The Morgan fingerprint density at radius 2 is 2.11 bits per heavy atom. The summed E-state index contributed by atoms with van der Waals surface area (Å²) in [7, 11) is 0. The van der Waals surface area contributed by atoms with Gasteiger partial charge in [-0.1, -0.05) is 45.7 Å². The molecule has 1 heterocycles. The second-order valence-electron chi connectivity index (χ2n) is 6.86. The number of carbonyl (C=O) groups excluding carboxylic acids is 1. The smallest absolute Gasteiger partial charge is 0.234 e. The first-order valence-corrected chi connectivity index (χ1v) is 7.22. The van der Waals surface area contributed by atoms with Crippen LogP contribution >= 0.6 is 0 Å². The summed E-state index contributed by atoms with van der Waals surface area (Å²) < 4.78 is 5.24. The highest BCUT2D eigenvalue weighted by atomic mass is 16.5. The van der Waals surface area contributed by atoms with Gasteiger partial charge < -0.3 is 4.52 Å². The Morgan fingerprint density at radius 3 is 2.74 bits per heavy atom. The predicted octanol–water partition coefficient (Wildman–Crippen LogP) is 3.52. The Bertz CT molecular complexity index is 445. The Balaban J connectivity index is 2.01. The van der Waals surface area contributed by atoms with E-state index in [0.29, 0.717) is 11.8 Å². The zero-order chi connectivity index (χ0) is 14.0. The molecule has 0 aromatic carbocycles. The maximum absolute atomic E-state index is 11.9. The fourth-order valence-corrected chi connectivity index (χ4v) is 2.58. The summed E-state index contributed by atoms with van der Waals surface area (Å²) in [5.74, 6) is 2.54. The van der Waals surface area contributed by atoms with Crippen LogP contribution in [-0.4, -0.2) is 15.9 Å². The lowest BCUT2D eigenvalue weighted by molar-refractivity contribution is -0.125. The summed E-state index contributed by atoms with van der Waals surface area (Å²) in [5.41, 5.74) is -0.353. The molecule has 1 aromatic heterocycles. The molecule has 1 saturated carbocycles. The molecule has 19 heavy (non-hydrogen) atoms. The molecule has 1 aromatic rings. The monoisotopic (exact) mass is 264 g/mol. The van der Waals surface area contributed by atoms with E-state index in [1.54, 1.807) is 0 Å². The largest absolute Gasteiger partial charge is 0.339 e. The molecule has 1 aliphatic carbocycles. The van der Waals surface area contributed by atoms with Crippen LogP contribution in [0.2, 0.25) is 0 Å². The average molecular weight is 264 g/mol. The van der Waals surface area contributed by atoms with Gasteiger partial charge in [0.25, 0.3) is 0 Å². The van der Waals surface area contributed by atoms with Gasteiger partial charge in [0.2, 0.25) is 5.89 Å². The zero-order valence-electron chi connectivity index (χ0n) is 12.4. The van der Waals surface area contributed by atoms with Gasteiger partial charge in [-0.25, -0.2) is 0 Å². The number of hydrogen-bond donors (Lipinski definition) is 0. The number of hydrogen-bond acceptors (Lipinski definition) is 4. The van der Waals surface area contributed by atoms with E-state index in [1.807, 2.05) is 20.8 Å². The van der Waals surface area contributed by atoms with Crippen LogP contribution in [0.25, 0.3) is 0 Å². The number of ketones is 1. The average Bonchev–Trinajstić information content (AvgIpc) is 2.76. The molecule has 0 aliphatic heterocycles. The molecule has 1 aliphatic rings. The van der Waals surface area contributed by atoms with E-state index in [-0.39, 0.29) is 17.6 Å². The normalized spacial score (nSPS) is 24.4. The van der Waals surface area contributed by atoms with E-state index in [0.717, 1.165) is 24.6 Å². The van der Waals surface area contributed by atoms with Gasteiger partial charge in [0.1, 0.15) is 5.78 Å². The standard InChI is InChI=1S/C15H24N2O2/c1-10-6-5-7-11(8-10)14-16-13(19-17-14)9-12(18)15(2,3)4/h10-11H,5-9H2,1-4H3. The van der Waals surface area contributed by atoms with Crippen molar-refractivity contribution in [2.24, 2.45) is 11.3 Å². The van der Waals surface area contributed by atoms with Crippen LogP contribution in [0.1, 0.15) is 71.0 Å². The second-order valence-corrected chi connectivity index (χ2v) is 6.86. The van der Waals surface area contributed by atoms with Gasteiger partial charge >= 0.3 is 0 Å². The molecule has 0 bridgehead atoms. The summed E-state index contributed by atoms with van der Waals surface area (Å²) in [6.07, 6.45) is 5.04.